The molecule has 0 aliphatic rings. The predicted molar refractivity (Wildman–Crippen MR) is 83.4 cm³/mol. The van der Waals surface area contributed by atoms with Crippen molar-refractivity contribution in [1.29, 1.82) is 0 Å². The van der Waals surface area contributed by atoms with Crippen LogP contribution < -0.4 is 0 Å². The van der Waals surface area contributed by atoms with Crippen LogP contribution in [0.1, 0.15) is 22.8 Å². The van der Waals surface area contributed by atoms with Crippen LogP contribution in [-0.4, -0.2) is 16.1 Å². The van der Waals surface area contributed by atoms with Gasteiger partial charge in [-0.3, -0.25) is 0 Å². The fourth-order valence-corrected chi connectivity index (χ4v) is 2.61. The van der Waals surface area contributed by atoms with Gasteiger partial charge in [-0.2, -0.15) is 0 Å². The molecule has 0 spiro atoms. The highest BCUT2D eigenvalue weighted by Crippen LogP contribution is 2.29. The number of halogens is 2. The highest BCUT2D eigenvalue weighted by atomic mass is 19.1. The minimum absolute atomic E-state index is 0.0454. The summed E-state index contributed by atoms with van der Waals surface area (Å²) in [5.41, 5.74) is 1.68. The second kappa shape index (κ2) is 5.76. The van der Waals surface area contributed by atoms with Gasteiger partial charge in [0.25, 0.3) is 0 Å². The van der Waals surface area contributed by atoms with Gasteiger partial charge in [0.1, 0.15) is 11.6 Å². The number of carboxylic acids is 1. The van der Waals surface area contributed by atoms with Gasteiger partial charge in [-0.05, 0) is 30.2 Å². The Hall–Kier alpha value is -2.82. The third-order valence-corrected chi connectivity index (χ3v) is 3.74. The maximum atomic E-state index is 14.0. The number of rotatable bonds is 3. The van der Waals surface area contributed by atoms with Crippen LogP contribution in [0.2, 0.25) is 0 Å². The third-order valence-electron chi connectivity index (χ3n) is 3.74. The molecule has 0 aliphatic carbocycles. The maximum absolute atomic E-state index is 14.0. The number of hydrogen-bond acceptors (Lipinski definition) is 2. The number of aryl methyl sites for hydroxylation is 1. The molecule has 1 aromatic heterocycles. The summed E-state index contributed by atoms with van der Waals surface area (Å²) in [7, 11) is 0. The van der Waals surface area contributed by atoms with E-state index in [0.29, 0.717) is 17.3 Å². The molecule has 116 valence electrons. The number of pyridine rings is 1. The molecule has 0 aliphatic heterocycles. The van der Waals surface area contributed by atoms with E-state index in [0.717, 1.165) is 17.7 Å². The van der Waals surface area contributed by atoms with Crippen LogP contribution in [0, 0.1) is 11.6 Å². The third kappa shape index (κ3) is 2.65. The molecule has 3 nitrogen and oxygen atoms in total. The molecule has 0 fully saturated rings. The summed E-state index contributed by atoms with van der Waals surface area (Å²) in [6, 6.07) is 9.76. The molecule has 0 bridgehead atoms. The molecule has 0 unspecified atom stereocenters. The molecule has 2 aromatic carbocycles. The van der Waals surface area contributed by atoms with Crippen molar-refractivity contribution in [2.24, 2.45) is 0 Å². The molecular formula is C18H13F2NO2. The lowest BCUT2D eigenvalue weighted by molar-refractivity contribution is 0.0699. The Labute approximate surface area is 131 Å². The highest BCUT2D eigenvalue weighted by molar-refractivity contribution is 6.04. The molecule has 0 saturated heterocycles. The summed E-state index contributed by atoms with van der Waals surface area (Å²) in [6.07, 6.45) is 0.665. The van der Waals surface area contributed by atoms with Gasteiger partial charge >= 0.3 is 5.97 Å². The molecule has 0 saturated carbocycles. The van der Waals surface area contributed by atoms with Gasteiger partial charge in [0.05, 0.1) is 16.8 Å². The molecule has 0 atom stereocenters. The van der Waals surface area contributed by atoms with Crippen molar-refractivity contribution in [1.82, 2.24) is 4.98 Å². The Morgan fingerprint density at radius 2 is 1.96 bits per heavy atom. The standard InChI is InChI=1S/C18H13F2NO2/c1-2-10-4-3-5-12-14(18(22)23)9-16(21-17(10)12)13-7-6-11(19)8-15(13)20/h3-9H,2H2,1H3,(H,22,23). The van der Waals surface area contributed by atoms with E-state index in [1.807, 2.05) is 13.0 Å². The SMILES string of the molecule is CCc1cccc2c(C(=O)O)cc(-c3ccc(F)cc3F)nc12. The van der Waals surface area contributed by atoms with Crippen molar-refractivity contribution in [3.8, 4) is 11.3 Å². The summed E-state index contributed by atoms with van der Waals surface area (Å²) in [4.78, 5) is 16.0. The molecule has 0 amide bonds. The van der Waals surface area contributed by atoms with Crippen LogP contribution in [0.3, 0.4) is 0 Å². The Balaban J connectivity index is 2.36. The van der Waals surface area contributed by atoms with Gasteiger partial charge < -0.3 is 5.11 Å². The highest BCUT2D eigenvalue weighted by Gasteiger charge is 2.16. The lowest BCUT2D eigenvalue weighted by Gasteiger charge is -2.10. The van der Waals surface area contributed by atoms with Crippen molar-refractivity contribution in [3.63, 3.8) is 0 Å². The number of para-hydroxylation sites is 1. The van der Waals surface area contributed by atoms with E-state index in [2.05, 4.69) is 4.98 Å². The first-order chi connectivity index (χ1) is 11.0. The average Bonchev–Trinajstić information content (AvgIpc) is 2.53. The Kier molecular flexibility index (Phi) is 3.78. The number of nitrogens with zero attached hydrogens (tertiary/aromatic N) is 1. The van der Waals surface area contributed by atoms with Gasteiger partial charge in [0, 0.05) is 17.0 Å². The topological polar surface area (TPSA) is 50.2 Å². The number of aromatic carboxylic acids is 1. The predicted octanol–water partition coefficient (Wildman–Crippen LogP) is 4.44. The van der Waals surface area contributed by atoms with Crippen molar-refractivity contribution in [2.75, 3.05) is 0 Å². The summed E-state index contributed by atoms with van der Waals surface area (Å²) in [5, 5.41) is 9.95. The molecular weight excluding hydrogens is 300 g/mol. The lowest BCUT2D eigenvalue weighted by atomic mass is 10.0. The zero-order valence-electron chi connectivity index (χ0n) is 12.3. The van der Waals surface area contributed by atoms with E-state index in [9.17, 15) is 18.7 Å². The summed E-state index contributed by atoms with van der Waals surface area (Å²) in [5.74, 6) is -2.59. The van der Waals surface area contributed by atoms with Gasteiger partial charge in [-0.25, -0.2) is 18.6 Å². The number of hydrogen-bond donors (Lipinski definition) is 1. The van der Waals surface area contributed by atoms with E-state index in [1.165, 1.54) is 12.1 Å². The van der Waals surface area contributed by atoms with E-state index in [-0.39, 0.29) is 16.8 Å². The first-order valence-electron chi connectivity index (χ1n) is 7.12. The quantitative estimate of drug-likeness (QED) is 0.777. The monoisotopic (exact) mass is 313 g/mol. The maximum Gasteiger partial charge on any atom is 0.336 e. The smallest absolute Gasteiger partial charge is 0.336 e. The lowest BCUT2D eigenvalue weighted by Crippen LogP contribution is -2.02. The van der Waals surface area contributed by atoms with Crippen LogP contribution in [0.25, 0.3) is 22.2 Å². The molecule has 0 radical (unpaired) electrons. The number of carboxylic acid groups (broad SMARTS) is 1. The van der Waals surface area contributed by atoms with E-state index < -0.39 is 17.6 Å². The number of carbonyl (C=O) groups is 1. The molecule has 1 heterocycles. The van der Waals surface area contributed by atoms with E-state index in [1.54, 1.807) is 12.1 Å². The average molecular weight is 313 g/mol. The fraction of sp³-hybridized carbons (Fsp3) is 0.111. The van der Waals surface area contributed by atoms with Crippen LogP contribution >= 0.6 is 0 Å². The largest absolute Gasteiger partial charge is 0.478 e. The van der Waals surface area contributed by atoms with Crippen LogP contribution in [0.15, 0.2) is 42.5 Å². The number of benzene rings is 2. The van der Waals surface area contributed by atoms with E-state index in [4.69, 9.17) is 0 Å². The number of aromatic nitrogens is 1. The van der Waals surface area contributed by atoms with Crippen molar-refractivity contribution in [3.05, 3.63) is 65.2 Å². The van der Waals surface area contributed by atoms with Crippen LogP contribution in [0.4, 0.5) is 8.78 Å². The first-order valence-corrected chi connectivity index (χ1v) is 7.12. The molecule has 3 aromatic rings. The summed E-state index contributed by atoms with van der Waals surface area (Å²) >= 11 is 0. The van der Waals surface area contributed by atoms with Gasteiger partial charge in [0.2, 0.25) is 0 Å². The van der Waals surface area contributed by atoms with Gasteiger partial charge in [-0.1, -0.05) is 25.1 Å². The second-order valence-corrected chi connectivity index (χ2v) is 5.15. The summed E-state index contributed by atoms with van der Waals surface area (Å²) < 4.78 is 27.1. The fourth-order valence-electron chi connectivity index (χ4n) is 2.61. The zero-order valence-corrected chi connectivity index (χ0v) is 12.3. The molecule has 5 heteroatoms. The second-order valence-electron chi connectivity index (χ2n) is 5.15. The first kappa shape index (κ1) is 15.1. The van der Waals surface area contributed by atoms with Crippen LogP contribution in [0.5, 0.6) is 0 Å². The van der Waals surface area contributed by atoms with E-state index >= 15 is 0 Å². The Morgan fingerprint density at radius 1 is 1.17 bits per heavy atom. The Bertz CT molecular complexity index is 922. The molecule has 3 rings (SSSR count). The van der Waals surface area contributed by atoms with Crippen molar-refractivity contribution >= 4 is 16.9 Å². The zero-order chi connectivity index (χ0) is 16.6. The van der Waals surface area contributed by atoms with Crippen molar-refractivity contribution in [2.45, 2.75) is 13.3 Å². The molecule has 1 N–H and O–H groups in total. The van der Waals surface area contributed by atoms with Gasteiger partial charge in [0.15, 0.2) is 0 Å². The number of fused-ring (bicyclic) bond motifs is 1. The van der Waals surface area contributed by atoms with Crippen molar-refractivity contribution < 1.29 is 18.7 Å². The summed E-state index contributed by atoms with van der Waals surface area (Å²) in [6.45, 7) is 1.93. The minimum Gasteiger partial charge on any atom is -0.478 e. The normalized spacial score (nSPS) is 10.9. The Morgan fingerprint density at radius 3 is 2.61 bits per heavy atom. The van der Waals surface area contributed by atoms with Gasteiger partial charge in [-0.15, -0.1) is 0 Å². The van der Waals surface area contributed by atoms with Crippen LogP contribution in [-0.2, 0) is 6.42 Å². The minimum atomic E-state index is -1.12. The molecule has 23 heavy (non-hydrogen) atoms.